The molecule has 0 bridgehead atoms. The number of nitrogens with zero attached hydrogens (tertiary/aromatic N) is 1. The Morgan fingerprint density at radius 3 is 2.58 bits per heavy atom. The van der Waals surface area contributed by atoms with E-state index in [1.807, 2.05) is 38.1 Å². The van der Waals surface area contributed by atoms with Gasteiger partial charge < -0.3 is 10.6 Å². The van der Waals surface area contributed by atoms with E-state index in [2.05, 4.69) is 20.8 Å². The molecule has 1 saturated carbocycles. The number of halogens is 1. The highest BCUT2D eigenvalue weighted by Gasteiger charge is 2.28. The van der Waals surface area contributed by atoms with Crippen LogP contribution >= 0.6 is 11.6 Å². The Morgan fingerprint density at radius 2 is 2.04 bits per heavy atom. The molecule has 0 spiro atoms. The van der Waals surface area contributed by atoms with Gasteiger partial charge in [-0.3, -0.25) is 9.89 Å². The van der Waals surface area contributed by atoms with Crippen LogP contribution in [0.2, 0.25) is 5.02 Å². The van der Waals surface area contributed by atoms with Crippen LogP contribution in [0.1, 0.15) is 42.3 Å². The number of aromatic amines is 1. The number of rotatable bonds is 6. The van der Waals surface area contributed by atoms with Crippen molar-refractivity contribution in [3.8, 4) is 0 Å². The van der Waals surface area contributed by atoms with Crippen molar-refractivity contribution in [1.82, 2.24) is 15.5 Å². The van der Waals surface area contributed by atoms with Crippen molar-refractivity contribution < 1.29 is 4.79 Å². The molecule has 0 aliphatic heterocycles. The fourth-order valence-electron chi connectivity index (χ4n) is 3.12. The van der Waals surface area contributed by atoms with E-state index < -0.39 is 0 Å². The highest BCUT2D eigenvalue weighted by Crippen LogP contribution is 2.37. The Morgan fingerprint density at radius 1 is 1.33 bits per heavy atom. The van der Waals surface area contributed by atoms with Gasteiger partial charge in [-0.15, -0.1) is 0 Å². The highest BCUT2D eigenvalue weighted by molar-refractivity contribution is 6.30. The average molecular weight is 347 g/mol. The Hall–Kier alpha value is -1.85. The van der Waals surface area contributed by atoms with Crippen LogP contribution in [0, 0.1) is 19.8 Å². The number of aromatic nitrogens is 2. The summed E-state index contributed by atoms with van der Waals surface area (Å²) in [5.41, 5.74) is 3.63. The molecule has 0 radical (unpaired) electrons. The maximum atomic E-state index is 12.3. The number of nitrogens with one attached hydrogen (secondary N) is 3. The number of anilines is 1. The second-order valence-electron chi connectivity index (χ2n) is 6.46. The molecule has 3 N–H and O–H groups in total. The summed E-state index contributed by atoms with van der Waals surface area (Å²) < 4.78 is 0. The molecule has 128 valence electrons. The molecule has 2 aromatic rings. The summed E-state index contributed by atoms with van der Waals surface area (Å²) in [7, 11) is 0. The van der Waals surface area contributed by atoms with Gasteiger partial charge in [-0.05, 0) is 50.3 Å². The van der Waals surface area contributed by atoms with E-state index in [1.54, 1.807) is 0 Å². The monoisotopic (exact) mass is 346 g/mol. The SMILES string of the molecule is Cc1n[nH]c(C)c1NC(=O)CN[C@H](c1ccc(Cl)cc1)C1CCC1. The number of benzene rings is 1. The minimum Gasteiger partial charge on any atom is -0.322 e. The third-order valence-electron chi connectivity index (χ3n) is 4.73. The number of carbonyl (C=O) groups is 1. The van der Waals surface area contributed by atoms with Crippen LogP contribution < -0.4 is 10.6 Å². The number of hydrogen-bond donors (Lipinski definition) is 3. The Labute approximate surface area is 147 Å². The summed E-state index contributed by atoms with van der Waals surface area (Å²) >= 11 is 5.99. The van der Waals surface area contributed by atoms with Crippen molar-refractivity contribution in [2.45, 2.75) is 39.2 Å². The summed E-state index contributed by atoms with van der Waals surface area (Å²) in [6.45, 7) is 4.04. The lowest BCUT2D eigenvalue weighted by Gasteiger charge is -2.34. The van der Waals surface area contributed by atoms with Crippen molar-refractivity contribution in [3.63, 3.8) is 0 Å². The summed E-state index contributed by atoms with van der Waals surface area (Å²) in [5.74, 6) is 0.525. The molecular formula is C18H23ClN4O. The zero-order valence-corrected chi connectivity index (χ0v) is 14.8. The fraction of sp³-hybridized carbons (Fsp3) is 0.444. The van der Waals surface area contributed by atoms with Crippen LogP contribution in [0.25, 0.3) is 0 Å². The average Bonchev–Trinajstić information content (AvgIpc) is 2.82. The van der Waals surface area contributed by atoms with E-state index in [0.29, 0.717) is 5.92 Å². The van der Waals surface area contributed by atoms with Gasteiger partial charge in [-0.2, -0.15) is 5.10 Å². The zero-order valence-electron chi connectivity index (χ0n) is 14.0. The van der Waals surface area contributed by atoms with E-state index in [0.717, 1.165) is 22.1 Å². The third kappa shape index (κ3) is 3.79. The third-order valence-corrected chi connectivity index (χ3v) is 4.98. The van der Waals surface area contributed by atoms with Gasteiger partial charge in [-0.25, -0.2) is 0 Å². The second-order valence-corrected chi connectivity index (χ2v) is 6.89. The Bertz CT molecular complexity index is 687. The topological polar surface area (TPSA) is 69.8 Å². The molecule has 5 nitrogen and oxygen atoms in total. The molecule has 1 fully saturated rings. The molecule has 3 rings (SSSR count). The molecule has 1 aromatic carbocycles. The maximum absolute atomic E-state index is 12.3. The fourth-order valence-corrected chi connectivity index (χ4v) is 3.25. The molecule has 1 heterocycles. The zero-order chi connectivity index (χ0) is 17.1. The van der Waals surface area contributed by atoms with Gasteiger partial charge in [0.25, 0.3) is 0 Å². The van der Waals surface area contributed by atoms with E-state index in [4.69, 9.17) is 11.6 Å². The van der Waals surface area contributed by atoms with Crippen LogP contribution in [0.15, 0.2) is 24.3 Å². The van der Waals surface area contributed by atoms with Gasteiger partial charge >= 0.3 is 0 Å². The molecule has 24 heavy (non-hydrogen) atoms. The van der Waals surface area contributed by atoms with Crippen molar-refractivity contribution in [1.29, 1.82) is 0 Å². The van der Waals surface area contributed by atoms with Gasteiger partial charge in [0.05, 0.1) is 23.6 Å². The maximum Gasteiger partial charge on any atom is 0.238 e. The van der Waals surface area contributed by atoms with Gasteiger partial charge in [-0.1, -0.05) is 30.2 Å². The van der Waals surface area contributed by atoms with E-state index >= 15 is 0 Å². The lowest BCUT2D eigenvalue weighted by Crippen LogP contribution is -2.37. The van der Waals surface area contributed by atoms with E-state index in [-0.39, 0.29) is 18.5 Å². The predicted octanol–water partition coefficient (Wildman–Crippen LogP) is 3.75. The molecule has 6 heteroatoms. The van der Waals surface area contributed by atoms with Crippen LogP contribution in [0.4, 0.5) is 5.69 Å². The highest BCUT2D eigenvalue weighted by atomic mass is 35.5. The number of aryl methyl sites for hydroxylation is 2. The summed E-state index contributed by atoms with van der Waals surface area (Å²) in [6, 6.07) is 8.08. The minimum atomic E-state index is -0.0547. The smallest absolute Gasteiger partial charge is 0.238 e. The van der Waals surface area contributed by atoms with Crippen molar-refractivity contribution in [2.75, 3.05) is 11.9 Å². The number of hydrogen-bond acceptors (Lipinski definition) is 3. The normalized spacial score (nSPS) is 15.8. The second kappa shape index (κ2) is 7.36. The van der Waals surface area contributed by atoms with Gasteiger partial charge in [0.1, 0.15) is 0 Å². The lowest BCUT2D eigenvalue weighted by atomic mass is 9.77. The van der Waals surface area contributed by atoms with Gasteiger partial charge in [0.15, 0.2) is 0 Å². The van der Waals surface area contributed by atoms with Crippen LogP contribution in [0.3, 0.4) is 0 Å². The van der Waals surface area contributed by atoms with Crippen molar-refractivity contribution >= 4 is 23.2 Å². The molecule has 1 aliphatic carbocycles. The Balaban J connectivity index is 1.63. The first kappa shape index (κ1) is 17.0. The van der Waals surface area contributed by atoms with Crippen LogP contribution in [-0.2, 0) is 4.79 Å². The lowest BCUT2D eigenvalue weighted by molar-refractivity contribution is -0.115. The quantitative estimate of drug-likeness (QED) is 0.746. The predicted molar refractivity (Wildman–Crippen MR) is 96.2 cm³/mol. The van der Waals surface area contributed by atoms with Gasteiger partial charge in [0, 0.05) is 11.1 Å². The minimum absolute atomic E-state index is 0.0547. The molecule has 0 saturated heterocycles. The standard InChI is InChI=1S/C18H23ClN4O/c1-11-17(12(2)23-22-11)21-16(24)10-20-18(13-4-3-5-13)14-6-8-15(19)9-7-14/h6-9,13,18,20H,3-5,10H2,1-2H3,(H,21,24)(H,22,23)/t18-/m0/s1. The molecule has 1 aliphatic rings. The summed E-state index contributed by atoms with van der Waals surface area (Å²) in [4.78, 5) is 12.3. The van der Waals surface area contributed by atoms with Crippen LogP contribution in [-0.4, -0.2) is 22.6 Å². The molecule has 1 aromatic heterocycles. The van der Waals surface area contributed by atoms with E-state index in [9.17, 15) is 4.79 Å². The van der Waals surface area contributed by atoms with Crippen molar-refractivity contribution in [2.24, 2.45) is 5.92 Å². The first-order valence-corrected chi connectivity index (χ1v) is 8.72. The first-order valence-electron chi connectivity index (χ1n) is 8.35. The van der Waals surface area contributed by atoms with Gasteiger partial charge in [0.2, 0.25) is 5.91 Å². The number of amides is 1. The Kier molecular flexibility index (Phi) is 5.21. The first-order chi connectivity index (χ1) is 11.5. The molecule has 1 amide bonds. The van der Waals surface area contributed by atoms with Crippen molar-refractivity contribution in [3.05, 3.63) is 46.2 Å². The molecular weight excluding hydrogens is 324 g/mol. The number of H-pyrrole nitrogens is 1. The number of carbonyl (C=O) groups excluding carboxylic acids is 1. The summed E-state index contributed by atoms with van der Waals surface area (Å²) in [5, 5.41) is 14.1. The molecule has 0 unspecified atom stereocenters. The largest absolute Gasteiger partial charge is 0.322 e. The van der Waals surface area contributed by atoms with Crippen LogP contribution in [0.5, 0.6) is 0 Å². The van der Waals surface area contributed by atoms with E-state index in [1.165, 1.54) is 24.8 Å². The molecule has 1 atom stereocenters. The summed E-state index contributed by atoms with van der Waals surface area (Å²) in [6.07, 6.45) is 3.65.